The van der Waals surface area contributed by atoms with Gasteiger partial charge in [0.25, 0.3) is 0 Å². The third kappa shape index (κ3) is 1.31. The van der Waals surface area contributed by atoms with Gasteiger partial charge in [0.15, 0.2) is 0 Å². The summed E-state index contributed by atoms with van der Waals surface area (Å²) in [5.74, 6) is 0.0330. The Morgan fingerprint density at radius 2 is 2.31 bits per heavy atom. The Balaban J connectivity index is 2.21. The van der Waals surface area contributed by atoms with Crippen LogP contribution in [0.1, 0.15) is 24.3 Å². The second-order valence-electron chi connectivity index (χ2n) is 3.28. The molecule has 1 aromatic heterocycles. The molecule has 5 heteroatoms. The Kier molecular flexibility index (Phi) is 1.81. The minimum atomic E-state index is -0.126. The summed E-state index contributed by atoms with van der Waals surface area (Å²) in [6.07, 6.45) is 1.63. The molecular formula is C8H12N4O. The zero-order chi connectivity index (χ0) is 9.42. The average Bonchev–Trinajstić information content (AvgIpc) is 2.60. The van der Waals surface area contributed by atoms with E-state index in [2.05, 4.69) is 20.8 Å². The van der Waals surface area contributed by atoms with Crippen molar-refractivity contribution in [3.05, 3.63) is 17.5 Å². The molecule has 1 aromatic rings. The fourth-order valence-corrected chi connectivity index (χ4v) is 1.45. The number of amides is 1. The molecule has 0 saturated carbocycles. The van der Waals surface area contributed by atoms with Gasteiger partial charge in [0, 0.05) is 11.3 Å². The van der Waals surface area contributed by atoms with Crippen LogP contribution in [0.15, 0.2) is 6.20 Å². The van der Waals surface area contributed by atoms with E-state index >= 15 is 0 Å². The van der Waals surface area contributed by atoms with Gasteiger partial charge in [-0.3, -0.25) is 15.2 Å². The number of aromatic nitrogens is 2. The van der Waals surface area contributed by atoms with Crippen LogP contribution in [-0.2, 0) is 4.79 Å². The molecule has 0 aliphatic carbocycles. The highest BCUT2D eigenvalue weighted by atomic mass is 16.2. The van der Waals surface area contributed by atoms with Crippen LogP contribution in [0.5, 0.6) is 0 Å². The lowest BCUT2D eigenvalue weighted by Gasteiger charge is -2.08. The van der Waals surface area contributed by atoms with Gasteiger partial charge in [0.05, 0.1) is 12.2 Å². The monoisotopic (exact) mass is 180 g/mol. The highest BCUT2D eigenvalue weighted by Crippen LogP contribution is 2.16. The first-order valence-electron chi connectivity index (χ1n) is 4.25. The second kappa shape index (κ2) is 2.85. The summed E-state index contributed by atoms with van der Waals surface area (Å²) in [7, 11) is 0. The van der Waals surface area contributed by atoms with Gasteiger partial charge >= 0.3 is 0 Å². The molecule has 0 radical (unpaired) electrons. The summed E-state index contributed by atoms with van der Waals surface area (Å²) >= 11 is 0. The van der Waals surface area contributed by atoms with E-state index in [4.69, 9.17) is 0 Å². The normalized spacial score (nSPS) is 27.7. The maximum atomic E-state index is 11.2. The number of H-pyrrole nitrogens is 1. The number of hydrogen-bond acceptors (Lipinski definition) is 3. The molecule has 1 aliphatic heterocycles. The number of aryl methyl sites for hydroxylation is 1. The lowest BCUT2D eigenvalue weighted by molar-refractivity contribution is -0.120. The molecule has 1 amide bonds. The maximum Gasteiger partial charge on any atom is 0.238 e. The van der Waals surface area contributed by atoms with E-state index in [1.807, 2.05) is 13.8 Å². The molecule has 0 bridgehead atoms. The largest absolute Gasteiger partial charge is 0.335 e. The quantitative estimate of drug-likeness (QED) is 0.561. The summed E-state index contributed by atoms with van der Waals surface area (Å²) in [5.41, 5.74) is 1.98. The van der Waals surface area contributed by atoms with Crippen molar-refractivity contribution < 1.29 is 4.79 Å². The topological polar surface area (TPSA) is 69.8 Å². The zero-order valence-corrected chi connectivity index (χ0v) is 7.59. The van der Waals surface area contributed by atoms with Crippen molar-refractivity contribution in [3.63, 3.8) is 0 Å². The number of nitrogens with one attached hydrogen (secondary N) is 3. The van der Waals surface area contributed by atoms with Crippen LogP contribution >= 0.6 is 0 Å². The van der Waals surface area contributed by atoms with Gasteiger partial charge in [-0.1, -0.05) is 0 Å². The average molecular weight is 180 g/mol. The fraction of sp³-hybridized carbons (Fsp3) is 0.500. The minimum absolute atomic E-state index is 0.0330. The van der Waals surface area contributed by atoms with Gasteiger partial charge in [0.1, 0.15) is 6.17 Å². The number of nitrogens with zero attached hydrogens (tertiary/aromatic N) is 1. The number of carbonyl (C=O) groups is 1. The fourth-order valence-electron chi connectivity index (χ4n) is 1.45. The Morgan fingerprint density at radius 3 is 2.77 bits per heavy atom. The molecule has 0 spiro atoms. The summed E-state index contributed by atoms with van der Waals surface area (Å²) in [4.78, 5) is 11.2. The van der Waals surface area contributed by atoms with Crippen molar-refractivity contribution in [2.45, 2.75) is 26.1 Å². The second-order valence-corrected chi connectivity index (χ2v) is 3.28. The van der Waals surface area contributed by atoms with Crippen molar-refractivity contribution in [1.29, 1.82) is 0 Å². The minimum Gasteiger partial charge on any atom is -0.335 e. The van der Waals surface area contributed by atoms with E-state index in [9.17, 15) is 4.79 Å². The van der Waals surface area contributed by atoms with Crippen LogP contribution in [0, 0.1) is 6.92 Å². The number of rotatable bonds is 1. The van der Waals surface area contributed by atoms with Crippen LogP contribution in [0.3, 0.4) is 0 Å². The molecule has 2 heterocycles. The molecule has 70 valence electrons. The lowest BCUT2D eigenvalue weighted by Crippen LogP contribution is -2.24. The zero-order valence-electron chi connectivity index (χ0n) is 7.59. The summed E-state index contributed by atoms with van der Waals surface area (Å²) < 4.78 is 0. The third-order valence-corrected chi connectivity index (χ3v) is 2.28. The van der Waals surface area contributed by atoms with Gasteiger partial charge < -0.3 is 5.32 Å². The molecule has 1 saturated heterocycles. The van der Waals surface area contributed by atoms with Crippen LogP contribution in [0.4, 0.5) is 0 Å². The maximum absolute atomic E-state index is 11.2. The van der Waals surface area contributed by atoms with Gasteiger partial charge in [0.2, 0.25) is 5.91 Å². The van der Waals surface area contributed by atoms with Crippen LogP contribution in [-0.4, -0.2) is 22.1 Å². The molecule has 5 nitrogen and oxygen atoms in total. The lowest BCUT2D eigenvalue weighted by atomic mass is 10.2. The van der Waals surface area contributed by atoms with Crippen molar-refractivity contribution in [1.82, 2.24) is 20.8 Å². The summed E-state index contributed by atoms with van der Waals surface area (Å²) in [6.45, 7) is 3.77. The Labute approximate surface area is 75.9 Å². The van der Waals surface area contributed by atoms with Gasteiger partial charge in [-0.2, -0.15) is 5.10 Å². The Hall–Kier alpha value is -1.36. The van der Waals surface area contributed by atoms with Crippen LogP contribution < -0.4 is 10.6 Å². The van der Waals surface area contributed by atoms with Crippen molar-refractivity contribution in [2.75, 3.05) is 0 Å². The molecule has 0 aromatic carbocycles. The third-order valence-electron chi connectivity index (χ3n) is 2.28. The van der Waals surface area contributed by atoms with E-state index in [0.29, 0.717) is 0 Å². The predicted octanol–water partition coefficient (Wildman–Crippen LogP) is -0.175. The highest BCUT2D eigenvalue weighted by molar-refractivity contribution is 5.83. The predicted molar refractivity (Wildman–Crippen MR) is 46.8 cm³/mol. The highest BCUT2D eigenvalue weighted by Gasteiger charge is 2.29. The van der Waals surface area contributed by atoms with E-state index in [-0.39, 0.29) is 18.1 Å². The summed E-state index contributed by atoms with van der Waals surface area (Å²) in [5, 5.41) is 12.7. The van der Waals surface area contributed by atoms with E-state index in [1.165, 1.54) is 0 Å². The Bertz CT molecular complexity index is 333. The molecule has 2 unspecified atom stereocenters. The SMILES string of the molecule is Cc1[nH]ncc1C1NC(=O)C(C)N1. The first-order chi connectivity index (χ1) is 6.18. The van der Waals surface area contributed by atoms with Crippen molar-refractivity contribution >= 4 is 5.91 Å². The van der Waals surface area contributed by atoms with Gasteiger partial charge in [-0.15, -0.1) is 0 Å². The molecular weight excluding hydrogens is 168 g/mol. The van der Waals surface area contributed by atoms with Gasteiger partial charge in [-0.05, 0) is 13.8 Å². The molecule has 1 fully saturated rings. The molecule has 1 aliphatic rings. The molecule has 3 N–H and O–H groups in total. The van der Waals surface area contributed by atoms with Crippen LogP contribution in [0.2, 0.25) is 0 Å². The standard InChI is InChI=1S/C8H12N4O/c1-4-6(3-9-12-4)7-10-5(2)8(13)11-7/h3,5,7,10H,1-2H3,(H,9,12)(H,11,13). The number of hydrogen-bond donors (Lipinski definition) is 3. The number of aromatic amines is 1. The molecule has 2 rings (SSSR count). The Morgan fingerprint density at radius 1 is 1.54 bits per heavy atom. The first-order valence-corrected chi connectivity index (χ1v) is 4.25. The van der Waals surface area contributed by atoms with E-state index in [0.717, 1.165) is 11.3 Å². The summed E-state index contributed by atoms with van der Waals surface area (Å²) in [6, 6.07) is -0.126. The molecule has 2 atom stereocenters. The van der Waals surface area contributed by atoms with Crippen molar-refractivity contribution in [3.8, 4) is 0 Å². The smallest absolute Gasteiger partial charge is 0.238 e. The number of carbonyl (C=O) groups excluding carboxylic acids is 1. The van der Waals surface area contributed by atoms with E-state index in [1.54, 1.807) is 6.20 Å². The van der Waals surface area contributed by atoms with Gasteiger partial charge in [-0.25, -0.2) is 0 Å². The first kappa shape index (κ1) is 8.25. The van der Waals surface area contributed by atoms with E-state index < -0.39 is 0 Å². The van der Waals surface area contributed by atoms with Crippen molar-refractivity contribution in [2.24, 2.45) is 0 Å². The van der Waals surface area contributed by atoms with Crippen LogP contribution in [0.25, 0.3) is 0 Å². The molecule has 13 heavy (non-hydrogen) atoms.